The van der Waals surface area contributed by atoms with Gasteiger partial charge in [0.05, 0.1) is 5.69 Å². The van der Waals surface area contributed by atoms with Crippen molar-refractivity contribution < 1.29 is 5.11 Å². The van der Waals surface area contributed by atoms with Gasteiger partial charge in [-0.2, -0.15) is 0 Å². The van der Waals surface area contributed by atoms with Gasteiger partial charge in [0.1, 0.15) is 6.10 Å². The highest BCUT2D eigenvalue weighted by Crippen LogP contribution is 2.20. The van der Waals surface area contributed by atoms with Gasteiger partial charge in [-0.3, -0.25) is 4.98 Å². The van der Waals surface area contributed by atoms with E-state index in [4.69, 9.17) is 0 Å². The lowest BCUT2D eigenvalue weighted by Gasteiger charge is -2.17. The summed E-state index contributed by atoms with van der Waals surface area (Å²) in [5, 5.41) is 13.2. The van der Waals surface area contributed by atoms with Crippen LogP contribution in [0.3, 0.4) is 0 Å². The lowest BCUT2D eigenvalue weighted by molar-refractivity contribution is 0.133. The summed E-state index contributed by atoms with van der Waals surface area (Å²) >= 11 is 0. The van der Waals surface area contributed by atoms with Crippen LogP contribution in [0.5, 0.6) is 0 Å². The zero-order valence-corrected chi connectivity index (χ0v) is 7.48. The van der Waals surface area contributed by atoms with Gasteiger partial charge in [0.2, 0.25) is 0 Å². The van der Waals surface area contributed by atoms with Crippen molar-refractivity contribution in [3.05, 3.63) is 30.1 Å². The first-order valence-electron chi connectivity index (χ1n) is 4.70. The van der Waals surface area contributed by atoms with E-state index in [0.29, 0.717) is 0 Å². The Labute approximate surface area is 77.8 Å². The van der Waals surface area contributed by atoms with Crippen LogP contribution < -0.4 is 5.32 Å². The van der Waals surface area contributed by atoms with Gasteiger partial charge in [-0.1, -0.05) is 6.07 Å². The molecule has 2 N–H and O–H groups in total. The SMILES string of the molecule is OC(c1ccccn1)[C@@H]1CCCN1. The molecule has 1 aromatic rings. The lowest BCUT2D eigenvalue weighted by atomic mass is 10.1. The zero-order valence-electron chi connectivity index (χ0n) is 7.48. The normalized spacial score (nSPS) is 24.5. The van der Waals surface area contributed by atoms with Crippen LogP contribution in [0.4, 0.5) is 0 Å². The first kappa shape index (κ1) is 8.66. The number of aliphatic hydroxyl groups excluding tert-OH is 1. The fourth-order valence-electron chi connectivity index (χ4n) is 1.74. The van der Waals surface area contributed by atoms with Gasteiger partial charge in [-0.05, 0) is 31.5 Å². The van der Waals surface area contributed by atoms with Crippen molar-refractivity contribution in [1.29, 1.82) is 0 Å². The molecule has 2 atom stereocenters. The zero-order chi connectivity index (χ0) is 9.10. The second-order valence-electron chi connectivity index (χ2n) is 3.40. The standard InChI is InChI=1S/C10H14N2O/c13-10(9-5-3-7-12-9)8-4-1-2-6-11-8/h1-2,4,6,9-10,12-13H,3,5,7H2/t9-,10?/m0/s1. The summed E-state index contributed by atoms with van der Waals surface area (Å²) in [6, 6.07) is 5.82. The summed E-state index contributed by atoms with van der Waals surface area (Å²) in [6.45, 7) is 1.01. The van der Waals surface area contributed by atoms with E-state index in [0.717, 1.165) is 25.1 Å². The van der Waals surface area contributed by atoms with Crippen molar-refractivity contribution >= 4 is 0 Å². The second-order valence-corrected chi connectivity index (χ2v) is 3.40. The maximum absolute atomic E-state index is 9.90. The van der Waals surface area contributed by atoms with E-state index in [9.17, 15) is 5.11 Å². The van der Waals surface area contributed by atoms with Gasteiger partial charge in [-0.15, -0.1) is 0 Å². The summed E-state index contributed by atoms with van der Waals surface area (Å²) in [4.78, 5) is 4.13. The highest BCUT2D eigenvalue weighted by atomic mass is 16.3. The van der Waals surface area contributed by atoms with Gasteiger partial charge < -0.3 is 10.4 Å². The molecule has 3 nitrogen and oxygen atoms in total. The van der Waals surface area contributed by atoms with Crippen LogP contribution in [0.2, 0.25) is 0 Å². The molecule has 0 spiro atoms. The van der Waals surface area contributed by atoms with Crippen molar-refractivity contribution in [2.24, 2.45) is 0 Å². The Hall–Kier alpha value is -0.930. The van der Waals surface area contributed by atoms with Crippen molar-refractivity contribution in [2.45, 2.75) is 25.0 Å². The molecule has 1 aromatic heterocycles. The smallest absolute Gasteiger partial charge is 0.111 e. The lowest BCUT2D eigenvalue weighted by Crippen LogP contribution is -2.29. The Morgan fingerprint density at radius 2 is 2.46 bits per heavy atom. The first-order valence-corrected chi connectivity index (χ1v) is 4.70. The molecule has 70 valence electrons. The van der Waals surface area contributed by atoms with Crippen LogP contribution in [0, 0.1) is 0 Å². The highest BCUT2D eigenvalue weighted by Gasteiger charge is 2.24. The number of aromatic nitrogens is 1. The molecule has 0 aromatic carbocycles. The van der Waals surface area contributed by atoms with Crippen LogP contribution in [-0.4, -0.2) is 22.7 Å². The van der Waals surface area contributed by atoms with E-state index >= 15 is 0 Å². The van der Waals surface area contributed by atoms with E-state index in [1.165, 1.54) is 0 Å². The average molecular weight is 178 g/mol. The number of pyridine rings is 1. The maximum Gasteiger partial charge on any atom is 0.111 e. The maximum atomic E-state index is 9.90. The molecule has 0 bridgehead atoms. The molecule has 0 radical (unpaired) electrons. The van der Waals surface area contributed by atoms with Crippen molar-refractivity contribution in [1.82, 2.24) is 10.3 Å². The van der Waals surface area contributed by atoms with Crippen molar-refractivity contribution in [3.63, 3.8) is 0 Å². The number of rotatable bonds is 2. The number of hydrogen-bond donors (Lipinski definition) is 2. The molecule has 0 amide bonds. The molecule has 0 aliphatic carbocycles. The third-order valence-electron chi connectivity index (χ3n) is 2.47. The summed E-state index contributed by atoms with van der Waals surface area (Å²) in [5.74, 6) is 0. The number of aliphatic hydroxyl groups is 1. The van der Waals surface area contributed by atoms with E-state index in [-0.39, 0.29) is 6.04 Å². The summed E-state index contributed by atoms with van der Waals surface area (Å²) < 4.78 is 0. The van der Waals surface area contributed by atoms with Gasteiger partial charge in [-0.25, -0.2) is 0 Å². The summed E-state index contributed by atoms with van der Waals surface area (Å²) in [7, 11) is 0. The number of nitrogens with one attached hydrogen (secondary N) is 1. The minimum atomic E-state index is -0.455. The fourth-order valence-corrected chi connectivity index (χ4v) is 1.74. The van der Waals surface area contributed by atoms with Crippen LogP contribution >= 0.6 is 0 Å². The molecule has 2 heterocycles. The summed E-state index contributed by atoms with van der Waals surface area (Å²) in [6.07, 6.45) is 3.45. The van der Waals surface area contributed by atoms with Crippen molar-refractivity contribution in [3.8, 4) is 0 Å². The molecule has 3 heteroatoms. The Morgan fingerprint density at radius 1 is 1.54 bits per heavy atom. The monoisotopic (exact) mass is 178 g/mol. The number of hydrogen-bond acceptors (Lipinski definition) is 3. The Balaban J connectivity index is 2.08. The molecule has 0 saturated carbocycles. The Bertz CT molecular complexity index is 257. The largest absolute Gasteiger partial charge is 0.385 e. The topological polar surface area (TPSA) is 45.2 Å². The van der Waals surface area contributed by atoms with E-state index in [1.807, 2.05) is 18.2 Å². The van der Waals surface area contributed by atoms with Crippen LogP contribution in [0.15, 0.2) is 24.4 Å². The van der Waals surface area contributed by atoms with Gasteiger partial charge in [0.25, 0.3) is 0 Å². The second kappa shape index (κ2) is 3.85. The van der Waals surface area contributed by atoms with Crippen molar-refractivity contribution in [2.75, 3.05) is 6.54 Å². The predicted octanol–water partition coefficient (Wildman–Crippen LogP) is 0.867. The molecule has 1 fully saturated rings. The minimum Gasteiger partial charge on any atom is -0.385 e. The molecule has 13 heavy (non-hydrogen) atoms. The average Bonchev–Trinajstić information content (AvgIpc) is 2.71. The number of nitrogens with zero attached hydrogens (tertiary/aromatic N) is 1. The van der Waals surface area contributed by atoms with E-state index in [2.05, 4.69) is 10.3 Å². The van der Waals surface area contributed by atoms with Gasteiger partial charge >= 0.3 is 0 Å². The minimum absolute atomic E-state index is 0.190. The van der Waals surface area contributed by atoms with E-state index in [1.54, 1.807) is 6.20 Å². The molecule has 1 saturated heterocycles. The molecular formula is C10H14N2O. The highest BCUT2D eigenvalue weighted by molar-refractivity contribution is 5.09. The molecule has 1 aliphatic rings. The van der Waals surface area contributed by atoms with Crippen LogP contribution in [0.1, 0.15) is 24.6 Å². The molecule has 1 aliphatic heterocycles. The fraction of sp³-hybridized carbons (Fsp3) is 0.500. The van der Waals surface area contributed by atoms with E-state index < -0.39 is 6.10 Å². The van der Waals surface area contributed by atoms with Gasteiger partial charge in [0, 0.05) is 12.2 Å². The van der Waals surface area contributed by atoms with Crippen LogP contribution in [-0.2, 0) is 0 Å². The third-order valence-corrected chi connectivity index (χ3v) is 2.47. The first-order chi connectivity index (χ1) is 6.38. The molecule has 2 rings (SSSR count). The molecule has 1 unspecified atom stereocenters. The summed E-state index contributed by atoms with van der Waals surface area (Å²) in [5.41, 5.74) is 0.766. The Morgan fingerprint density at radius 3 is 3.08 bits per heavy atom. The van der Waals surface area contributed by atoms with Gasteiger partial charge in [0.15, 0.2) is 0 Å². The Kier molecular flexibility index (Phi) is 2.57. The van der Waals surface area contributed by atoms with Crippen LogP contribution in [0.25, 0.3) is 0 Å². The molecular weight excluding hydrogens is 164 g/mol. The predicted molar refractivity (Wildman–Crippen MR) is 50.2 cm³/mol. The third kappa shape index (κ3) is 1.87. The quantitative estimate of drug-likeness (QED) is 0.706.